The number of phenols is 1. The van der Waals surface area contributed by atoms with E-state index in [1.807, 2.05) is 0 Å². The van der Waals surface area contributed by atoms with E-state index in [-0.39, 0.29) is 24.1 Å². The van der Waals surface area contributed by atoms with Gasteiger partial charge in [0.25, 0.3) is 5.91 Å². The van der Waals surface area contributed by atoms with E-state index in [4.69, 9.17) is 5.73 Å². The van der Waals surface area contributed by atoms with Crippen molar-refractivity contribution in [1.82, 2.24) is 5.32 Å². The van der Waals surface area contributed by atoms with E-state index >= 15 is 0 Å². The molecule has 6 heteroatoms. The van der Waals surface area contributed by atoms with E-state index in [0.717, 1.165) is 0 Å². The topological polar surface area (TPSA) is 92.4 Å². The van der Waals surface area contributed by atoms with Crippen LogP contribution in [0.25, 0.3) is 0 Å². The summed E-state index contributed by atoms with van der Waals surface area (Å²) in [5, 5.41) is 12.0. The van der Waals surface area contributed by atoms with Gasteiger partial charge >= 0.3 is 0 Å². The molecule has 92 valence electrons. The first-order valence-electron chi connectivity index (χ1n) is 4.98. The van der Waals surface area contributed by atoms with Crippen molar-refractivity contribution in [2.45, 2.75) is 19.4 Å². The molecule has 0 fully saturated rings. The maximum absolute atomic E-state index is 11.7. The molecule has 1 aromatic rings. The third-order valence-electron chi connectivity index (χ3n) is 2.09. The van der Waals surface area contributed by atoms with Crippen LogP contribution >= 0.6 is 15.9 Å². The van der Waals surface area contributed by atoms with E-state index in [0.29, 0.717) is 10.0 Å². The van der Waals surface area contributed by atoms with Gasteiger partial charge in [-0.05, 0) is 41.1 Å². The van der Waals surface area contributed by atoms with Gasteiger partial charge in [0, 0.05) is 18.0 Å². The fourth-order valence-corrected chi connectivity index (χ4v) is 1.56. The number of nitrogens with one attached hydrogen (secondary N) is 1. The maximum atomic E-state index is 11.7. The molecule has 1 aromatic carbocycles. The number of rotatable bonds is 4. The van der Waals surface area contributed by atoms with Crippen molar-refractivity contribution in [3.8, 4) is 5.75 Å². The SMILES string of the molecule is CC(CC(N)=O)NC(=O)c1ccc(Br)c(O)c1. The molecule has 0 radical (unpaired) electrons. The Hall–Kier alpha value is -1.56. The normalized spacial score (nSPS) is 11.9. The number of halogens is 1. The molecule has 0 spiro atoms. The molecule has 4 N–H and O–H groups in total. The van der Waals surface area contributed by atoms with Crippen LogP contribution < -0.4 is 11.1 Å². The molecule has 0 heterocycles. The van der Waals surface area contributed by atoms with Crippen molar-refractivity contribution in [3.63, 3.8) is 0 Å². The van der Waals surface area contributed by atoms with Crippen LogP contribution in [-0.4, -0.2) is 23.0 Å². The highest BCUT2D eigenvalue weighted by atomic mass is 79.9. The third kappa shape index (κ3) is 4.07. The molecule has 1 atom stereocenters. The Morgan fingerprint density at radius 3 is 2.71 bits per heavy atom. The average Bonchev–Trinajstić information content (AvgIpc) is 2.20. The first kappa shape index (κ1) is 13.5. The van der Waals surface area contributed by atoms with E-state index in [1.54, 1.807) is 19.1 Å². The predicted molar refractivity (Wildman–Crippen MR) is 66.5 cm³/mol. The number of primary amides is 1. The van der Waals surface area contributed by atoms with Gasteiger partial charge in [0.05, 0.1) is 4.47 Å². The van der Waals surface area contributed by atoms with Crippen molar-refractivity contribution < 1.29 is 14.7 Å². The maximum Gasteiger partial charge on any atom is 0.251 e. The molecule has 0 aliphatic heterocycles. The second kappa shape index (κ2) is 5.67. The molecule has 0 aliphatic rings. The Morgan fingerprint density at radius 1 is 1.53 bits per heavy atom. The largest absolute Gasteiger partial charge is 0.507 e. The minimum absolute atomic E-state index is 0.0137. The number of nitrogens with two attached hydrogens (primary N) is 1. The molecule has 2 amide bonds. The van der Waals surface area contributed by atoms with Gasteiger partial charge < -0.3 is 16.2 Å². The molecule has 1 rings (SSSR count). The van der Waals surface area contributed by atoms with Gasteiger partial charge in [-0.2, -0.15) is 0 Å². The number of amides is 2. The number of carbonyl (C=O) groups is 2. The highest BCUT2D eigenvalue weighted by Gasteiger charge is 2.12. The van der Waals surface area contributed by atoms with Crippen LogP contribution in [0.1, 0.15) is 23.7 Å². The monoisotopic (exact) mass is 300 g/mol. The number of hydrogen-bond donors (Lipinski definition) is 3. The lowest BCUT2D eigenvalue weighted by Gasteiger charge is -2.12. The van der Waals surface area contributed by atoms with Gasteiger partial charge in [0.1, 0.15) is 5.75 Å². The lowest BCUT2D eigenvalue weighted by Crippen LogP contribution is -2.35. The van der Waals surface area contributed by atoms with E-state index in [1.165, 1.54) is 6.07 Å². The first-order chi connectivity index (χ1) is 7.90. The van der Waals surface area contributed by atoms with Crippen molar-refractivity contribution in [2.75, 3.05) is 0 Å². The molecule has 0 saturated heterocycles. The Morgan fingerprint density at radius 2 is 2.18 bits per heavy atom. The summed E-state index contributed by atoms with van der Waals surface area (Å²) in [6.07, 6.45) is 0.0776. The van der Waals surface area contributed by atoms with Gasteiger partial charge in [-0.15, -0.1) is 0 Å². The van der Waals surface area contributed by atoms with Gasteiger partial charge in [0.15, 0.2) is 0 Å². The summed E-state index contributed by atoms with van der Waals surface area (Å²) in [5.41, 5.74) is 5.34. The Labute approximate surface area is 107 Å². The lowest BCUT2D eigenvalue weighted by molar-refractivity contribution is -0.118. The first-order valence-corrected chi connectivity index (χ1v) is 5.77. The van der Waals surface area contributed by atoms with Crippen LogP contribution in [0, 0.1) is 0 Å². The highest BCUT2D eigenvalue weighted by molar-refractivity contribution is 9.10. The molecular formula is C11H13BrN2O3. The number of phenolic OH excluding ortho intramolecular Hbond substituents is 1. The molecule has 0 saturated carbocycles. The van der Waals surface area contributed by atoms with E-state index in [2.05, 4.69) is 21.2 Å². The lowest BCUT2D eigenvalue weighted by atomic mass is 10.1. The minimum atomic E-state index is -0.476. The van der Waals surface area contributed by atoms with Crippen LogP contribution in [0.15, 0.2) is 22.7 Å². The zero-order valence-corrected chi connectivity index (χ0v) is 10.8. The average molecular weight is 301 g/mol. The molecule has 0 bridgehead atoms. The fourth-order valence-electron chi connectivity index (χ4n) is 1.31. The van der Waals surface area contributed by atoms with Crippen molar-refractivity contribution in [1.29, 1.82) is 0 Å². The highest BCUT2D eigenvalue weighted by Crippen LogP contribution is 2.24. The zero-order chi connectivity index (χ0) is 13.0. The Kier molecular flexibility index (Phi) is 4.51. The second-order valence-corrected chi connectivity index (χ2v) is 4.57. The van der Waals surface area contributed by atoms with Crippen molar-refractivity contribution >= 4 is 27.7 Å². The Bertz CT molecular complexity index is 448. The molecule has 5 nitrogen and oxygen atoms in total. The standard InChI is InChI=1S/C11H13BrN2O3/c1-6(4-10(13)16)14-11(17)7-2-3-8(12)9(15)5-7/h2-3,5-6,15H,4H2,1H3,(H2,13,16)(H,14,17). The van der Waals surface area contributed by atoms with Crippen LogP contribution in [0.5, 0.6) is 5.75 Å². The van der Waals surface area contributed by atoms with Gasteiger partial charge in [-0.3, -0.25) is 9.59 Å². The molecule has 0 aromatic heterocycles. The second-order valence-electron chi connectivity index (χ2n) is 3.71. The summed E-state index contributed by atoms with van der Waals surface area (Å²) in [6.45, 7) is 1.68. The van der Waals surface area contributed by atoms with Crippen molar-refractivity contribution in [2.24, 2.45) is 5.73 Å². The Balaban J connectivity index is 2.70. The van der Waals surface area contributed by atoms with Gasteiger partial charge in [-0.1, -0.05) is 0 Å². The summed E-state index contributed by atoms with van der Waals surface area (Å²) in [5.74, 6) is -0.849. The van der Waals surface area contributed by atoms with Crippen LogP contribution in [-0.2, 0) is 4.79 Å². The molecule has 17 heavy (non-hydrogen) atoms. The van der Waals surface area contributed by atoms with E-state index < -0.39 is 5.91 Å². The van der Waals surface area contributed by atoms with Crippen LogP contribution in [0.4, 0.5) is 0 Å². The fraction of sp³-hybridized carbons (Fsp3) is 0.273. The molecular weight excluding hydrogens is 288 g/mol. The number of benzene rings is 1. The quantitative estimate of drug-likeness (QED) is 0.779. The van der Waals surface area contributed by atoms with E-state index in [9.17, 15) is 14.7 Å². The van der Waals surface area contributed by atoms with Crippen LogP contribution in [0.3, 0.4) is 0 Å². The summed E-state index contributed by atoms with van der Waals surface area (Å²) in [4.78, 5) is 22.4. The summed E-state index contributed by atoms with van der Waals surface area (Å²) >= 11 is 3.12. The van der Waals surface area contributed by atoms with Gasteiger partial charge in [0.2, 0.25) is 5.91 Å². The predicted octanol–water partition coefficient (Wildman–Crippen LogP) is 1.15. The smallest absolute Gasteiger partial charge is 0.251 e. The summed E-state index contributed by atoms with van der Waals surface area (Å²) in [6, 6.07) is 4.14. The number of hydrogen-bond acceptors (Lipinski definition) is 3. The minimum Gasteiger partial charge on any atom is -0.507 e. The molecule has 1 unspecified atom stereocenters. The summed E-state index contributed by atoms with van der Waals surface area (Å²) in [7, 11) is 0. The number of carbonyl (C=O) groups excluding carboxylic acids is 2. The van der Waals surface area contributed by atoms with Gasteiger partial charge in [-0.25, -0.2) is 0 Å². The summed E-state index contributed by atoms with van der Waals surface area (Å²) < 4.78 is 0.513. The number of aromatic hydroxyl groups is 1. The third-order valence-corrected chi connectivity index (χ3v) is 2.76. The molecule has 0 aliphatic carbocycles. The van der Waals surface area contributed by atoms with Crippen molar-refractivity contribution in [3.05, 3.63) is 28.2 Å². The van der Waals surface area contributed by atoms with Crippen LogP contribution in [0.2, 0.25) is 0 Å². The zero-order valence-electron chi connectivity index (χ0n) is 9.24.